The molecule has 0 unspecified atom stereocenters. The molecule has 0 heterocycles. The van der Waals surface area contributed by atoms with E-state index in [1.807, 2.05) is 0 Å². The number of rotatable bonds is 12. The van der Waals surface area contributed by atoms with Gasteiger partial charge in [-0.05, 0) is 25.0 Å². The van der Waals surface area contributed by atoms with Crippen LogP contribution in [0.4, 0.5) is 9.59 Å². The van der Waals surface area contributed by atoms with Crippen molar-refractivity contribution in [3.63, 3.8) is 0 Å². The third-order valence-corrected chi connectivity index (χ3v) is 5.39. The molecular formula is C28H32N4O10. The van der Waals surface area contributed by atoms with Gasteiger partial charge in [0.1, 0.15) is 36.7 Å². The molecule has 0 aromatic heterocycles. The number of methoxy groups -OCH3 is 2. The lowest BCUT2D eigenvalue weighted by molar-refractivity contribution is -0.144. The number of alkyl carbamates (subject to hydrolysis) is 2. The number of amides is 4. The average molecular weight is 585 g/mol. The number of esters is 2. The standard InChI is InChI=1S/C28H32N4O10/c1-17(25(35)39-3)29-23(33)21(31-27(37)41-15-19-11-7-5-8-12-19)22(24(34)30-18(2)26(36)40-4)32-28(38)42-16-20-13-9-6-10-14-20/h5-14,17-18H,15-16H2,1-4H3,(H,29,33)(H,30,34)(H,31,37)(H,32,38)/b22-21+/t17-,18-/m0/s1. The summed E-state index contributed by atoms with van der Waals surface area (Å²) in [4.78, 5) is 75.8. The van der Waals surface area contributed by atoms with Gasteiger partial charge in [0.15, 0.2) is 0 Å². The number of nitrogens with one attached hydrogen (secondary N) is 4. The predicted octanol–water partition coefficient (Wildman–Crippen LogP) is 1.41. The Balaban J connectivity index is 2.43. The first-order valence-corrected chi connectivity index (χ1v) is 12.5. The first-order chi connectivity index (χ1) is 20.0. The molecule has 0 saturated heterocycles. The second-order valence-corrected chi connectivity index (χ2v) is 8.56. The van der Waals surface area contributed by atoms with Gasteiger partial charge in [-0.3, -0.25) is 20.2 Å². The molecule has 0 saturated carbocycles. The lowest BCUT2D eigenvalue weighted by Gasteiger charge is -2.20. The minimum absolute atomic E-state index is 0.201. The van der Waals surface area contributed by atoms with Crippen LogP contribution >= 0.6 is 0 Å². The molecule has 14 heteroatoms. The first-order valence-electron chi connectivity index (χ1n) is 12.5. The fraction of sp³-hybridized carbons (Fsp3) is 0.286. The van der Waals surface area contributed by atoms with Gasteiger partial charge in [-0.15, -0.1) is 0 Å². The molecule has 14 nitrogen and oxygen atoms in total. The van der Waals surface area contributed by atoms with Crippen LogP contribution in [0.2, 0.25) is 0 Å². The van der Waals surface area contributed by atoms with Crippen LogP contribution < -0.4 is 21.3 Å². The number of carbonyl (C=O) groups is 6. The molecule has 2 aromatic rings. The molecule has 224 valence electrons. The minimum atomic E-state index is -1.23. The summed E-state index contributed by atoms with van der Waals surface area (Å²) >= 11 is 0. The molecule has 4 amide bonds. The van der Waals surface area contributed by atoms with Gasteiger partial charge in [-0.25, -0.2) is 19.2 Å². The van der Waals surface area contributed by atoms with Crippen LogP contribution in [0.1, 0.15) is 25.0 Å². The summed E-state index contributed by atoms with van der Waals surface area (Å²) in [6.07, 6.45) is -2.36. The van der Waals surface area contributed by atoms with E-state index < -0.39 is 59.4 Å². The third kappa shape index (κ3) is 10.6. The Morgan fingerprint density at radius 2 is 0.929 bits per heavy atom. The maximum atomic E-state index is 13.3. The molecule has 2 atom stereocenters. The van der Waals surface area contributed by atoms with Crippen LogP contribution in [-0.2, 0) is 51.3 Å². The van der Waals surface area contributed by atoms with Crippen LogP contribution in [-0.4, -0.2) is 62.2 Å². The molecule has 0 spiro atoms. The largest absolute Gasteiger partial charge is 0.467 e. The molecule has 42 heavy (non-hydrogen) atoms. The Bertz CT molecular complexity index is 1200. The topological polar surface area (TPSA) is 187 Å². The predicted molar refractivity (Wildman–Crippen MR) is 146 cm³/mol. The zero-order chi connectivity index (χ0) is 31.1. The summed E-state index contributed by atoms with van der Waals surface area (Å²) in [7, 11) is 2.19. The molecule has 0 bridgehead atoms. The van der Waals surface area contributed by atoms with Crippen molar-refractivity contribution >= 4 is 35.9 Å². The number of carbonyl (C=O) groups excluding carboxylic acids is 6. The van der Waals surface area contributed by atoms with Crippen LogP contribution in [0.3, 0.4) is 0 Å². The van der Waals surface area contributed by atoms with Gasteiger partial charge in [0.25, 0.3) is 11.8 Å². The van der Waals surface area contributed by atoms with Gasteiger partial charge < -0.3 is 29.6 Å². The molecule has 0 aliphatic carbocycles. The Hall–Kier alpha value is -5.40. The zero-order valence-electron chi connectivity index (χ0n) is 23.4. The summed E-state index contributed by atoms with van der Waals surface area (Å²) in [6.45, 7) is 2.17. The monoisotopic (exact) mass is 584 g/mol. The van der Waals surface area contributed by atoms with Crippen LogP contribution in [0.25, 0.3) is 0 Å². The molecule has 0 aliphatic heterocycles. The van der Waals surface area contributed by atoms with Crippen LogP contribution in [0, 0.1) is 0 Å². The molecule has 2 aromatic carbocycles. The quantitative estimate of drug-likeness (QED) is 0.161. The van der Waals surface area contributed by atoms with Gasteiger partial charge in [-0.1, -0.05) is 60.7 Å². The lowest BCUT2D eigenvalue weighted by atomic mass is 10.2. The highest BCUT2D eigenvalue weighted by Crippen LogP contribution is 2.08. The Kier molecular flexibility index (Phi) is 13.0. The van der Waals surface area contributed by atoms with E-state index in [0.717, 1.165) is 14.2 Å². The lowest BCUT2D eigenvalue weighted by Crippen LogP contribution is -2.49. The highest BCUT2D eigenvalue weighted by atomic mass is 16.6. The van der Waals surface area contributed by atoms with E-state index in [9.17, 15) is 28.8 Å². The third-order valence-electron chi connectivity index (χ3n) is 5.39. The highest BCUT2D eigenvalue weighted by Gasteiger charge is 2.30. The van der Waals surface area contributed by atoms with E-state index in [2.05, 4.69) is 30.7 Å². The number of benzene rings is 2. The van der Waals surface area contributed by atoms with Crippen LogP contribution in [0.15, 0.2) is 72.1 Å². The molecule has 2 rings (SSSR count). The van der Waals surface area contributed by atoms with E-state index in [1.165, 1.54) is 13.8 Å². The SMILES string of the molecule is COC(=O)[C@H](C)NC(=O)/C(NC(=O)OCc1ccccc1)=C(\NC(=O)OCc1ccccc1)C(=O)N[C@@H](C)C(=O)OC. The maximum absolute atomic E-state index is 13.3. The van der Waals surface area contributed by atoms with Gasteiger partial charge in [0.05, 0.1) is 14.2 Å². The van der Waals surface area contributed by atoms with E-state index >= 15 is 0 Å². The maximum Gasteiger partial charge on any atom is 0.412 e. The van der Waals surface area contributed by atoms with Crippen molar-refractivity contribution in [3.05, 3.63) is 83.2 Å². The normalized spacial score (nSPS) is 12.3. The summed E-state index contributed by atoms with van der Waals surface area (Å²) < 4.78 is 19.5. The Labute approximate surface area is 241 Å². The Morgan fingerprint density at radius 1 is 0.595 bits per heavy atom. The van der Waals surface area contributed by atoms with E-state index in [0.29, 0.717) is 11.1 Å². The van der Waals surface area contributed by atoms with Crippen molar-refractivity contribution in [2.75, 3.05) is 14.2 Å². The fourth-order valence-electron chi connectivity index (χ4n) is 3.20. The van der Waals surface area contributed by atoms with Crippen molar-refractivity contribution in [2.24, 2.45) is 0 Å². The van der Waals surface area contributed by atoms with Gasteiger partial charge in [-0.2, -0.15) is 0 Å². The van der Waals surface area contributed by atoms with Crippen molar-refractivity contribution in [2.45, 2.75) is 39.1 Å². The van der Waals surface area contributed by atoms with Gasteiger partial charge in [0, 0.05) is 0 Å². The van der Waals surface area contributed by atoms with Gasteiger partial charge in [0.2, 0.25) is 0 Å². The minimum Gasteiger partial charge on any atom is -0.467 e. The first kappa shape index (κ1) is 32.8. The summed E-state index contributed by atoms with van der Waals surface area (Å²) in [5, 5.41) is 8.78. The molecule has 0 radical (unpaired) electrons. The number of ether oxygens (including phenoxy) is 4. The number of hydrogen-bond donors (Lipinski definition) is 4. The van der Waals surface area contributed by atoms with Crippen molar-refractivity contribution in [3.8, 4) is 0 Å². The second-order valence-electron chi connectivity index (χ2n) is 8.56. The Morgan fingerprint density at radius 3 is 1.24 bits per heavy atom. The summed E-state index contributed by atoms with van der Waals surface area (Å²) in [5.74, 6) is -4.03. The zero-order valence-corrected chi connectivity index (χ0v) is 23.4. The van der Waals surface area contributed by atoms with Gasteiger partial charge >= 0.3 is 24.1 Å². The summed E-state index contributed by atoms with van der Waals surface area (Å²) in [5.41, 5.74) is -0.408. The highest BCUT2D eigenvalue weighted by molar-refractivity contribution is 6.08. The average Bonchev–Trinajstić information content (AvgIpc) is 3.00. The number of hydrogen-bond acceptors (Lipinski definition) is 10. The second kappa shape index (κ2) is 16.6. The fourth-order valence-corrected chi connectivity index (χ4v) is 3.20. The van der Waals surface area contributed by atoms with E-state index in [1.54, 1.807) is 60.7 Å². The smallest absolute Gasteiger partial charge is 0.412 e. The van der Waals surface area contributed by atoms with Crippen molar-refractivity contribution in [1.82, 2.24) is 21.3 Å². The summed E-state index contributed by atoms with van der Waals surface area (Å²) in [6, 6.07) is 14.7. The van der Waals surface area contributed by atoms with E-state index in [4.69, 9.17) is 9.47 Å². The van der Waals surface area contributed by atoms with Crippen molar-refractivity contribution in [1.29, 1.82) is 0 Å². The molecule has 4 N–H and O–H groups in total. The molecule has 0 fully saturated rings. The molecular weight excluding hydrogens is 552 g/mol. The van der Waals surface area contributed by atoms with E-state index in [-0.39, 0.29) is 13.2 Å². The van der Waals surface area contributed by atoms with Crippen LogP contribution in [0.5, 0.6) is 0 Å². The molecule has 0 aliphatic rings. The van der Waals surface area contributed by atoms with Crippen molar-refractivity contribution < 1.29 is 47.7 Å².